The number of hydrogen-bond acceptors (Lipinski definition) is 4. The number of rotatable bonds is 6. The number of carbonyl (C=O) groups is 2. The second-order valence-electron chi connectivity index (χ2n) is 4.39. The third-order valence-corrected chi connectivity index (χ3v) is 2.60. The van der Waals surface area contributed by atoms with Gasteiger partial charge in [0.1, 0.15) is 5.76 Å². The maximum atomic E-state index is 11.8. The lowest BCUT2D eigenvalue weighted by atomic mass is 10.0. The second-order valence-corrected chi connectivity index (χ2v) is 4.39. The number of hydrogen-bond donors (Lipinski definition) is 3. The monoisotopic (exact) mass is 254 g/mol. The third kappa shape index (κ3) is 3.89. The third-order valence-electron chi connectivity index (χ3n) is 2.60. The summed E-state index contributed by atoms with van der Waals surface area (Å²) in [4.78, 5) is 22.5. The van der Waals surface area contributed by atoms with Crippen molar-refractivity contribution in [1.82, 2.24) is 5.32 Å². The van der Waals surface area contributed by atoms with E-state index < -0.39 is 17.9 Å². The van der Waals surface area contributed by atoms with Crippen LogP contribution in [-0.2, 0) is 11.3 Å². The molecule has 0 fully saturated rings. The molecule has 1 amide bonds. The van der Waals surface area contributed by atoms with Gasteiger partial charge in [0, 0.05) is 6.04 Å². The molecule has 1 unspecified atom stereocenters. The van der Waals surface area contributed by atoms with Crippen molar-refractivity contribution in [2.75, 3.05) is 0 Å². The first-order chi connectivity index (χ1) is 8.43. The van der Waals surface area contributed by atoms with Crippen molar-refractivity contribution in [3.8, 4) is 0 Å². The number of nitrogens with two attached hydrogens (primary N) is 1. The highest BCUT2D eigenvalue weighted by molar-refractivity contribution is 5.92. The highest BCUT2D eigenvalue weighted by atomic mass is 16.4. The SMILES string of the molecule is CC(C)C(CC(=O)O)NC(=O)c1ccc(CN)o1. The first kappa shape index (κ1) is 14.2. The average molecular weight is 254 g/mol. The largest absolute Gasteiger partial charge is 0.481 e. The number of amides is 1. The fraction of sp³-hybridized carbons (Fsp3) is 0.500. The Bertz CT molecular complexity index is 425. The predicted octanol–water partition coefficient (Wildman–Crippen LogP) is 0.967. The topological polar surface area (TPSA) is 106 Å². The van der Waals surface area contributed by atoms with Crippen molar-refractivity contribution in [2.45, 2.75) is 32.9 Å². The Balaban J connectivity index is 2.68. The van der Waals surface area contributed by atoms with E-state index in [1.807, 2.05) is 13.8 Å². The molecule has 0 aromatic carbocycles. The highest BCUT2D eigenvalue weighted by Gasteiger charge is 2.21. The van der Waals surface area contributed by atoms with E-state index in [1.165, 1.54) is 6.07 Å². The smallest absolute Gasteiger partial charge is 0.305 e. The van der Waals surface area contributed by atoms with E-state index in [0.717, 1.165) is 0 Å². The van der Waals surface area contributed by atoms with E-state index in [-0.39, 0.29) is 24.6 Å². The Morgan fingerprint density at radius 2 is 2.11 bits per heavy atom. The molecule has 0 radical (unpaired) electrons. The van der Waals surface area contributed by atoms with Gasteiger partial charge in [-0.05, 0) is 18.1 Å². The van der Waals surface area contributed by atoms with Crippen LogP contribution in [0, 0.1) is 5.92 Å². The molecule has 1 aromatic rings. The maximum Gasteiger partial charge on any atom is 0.305 e. The number of nitrogens with one attached hydrogen (secondary N) is 1. The number of carboxylic acids is 1. The van der Waals surface area contributed by atoms with Crippen LogP contribution in [-0.4, -0.2) is 23.0 Å². The molecule has 1 atom stereocenters. The molecule has 1 aromatic heterocycles. The Morgan fingerprint density at radius 3 is 2.56 bits per heavy atom. The lowest BCUT2D eigenvalue weighted by Gasteiger charge is -2.19. The van der Waals surface area contributed by atoms with E-state index in [1.54, 1.807) is 6.07 Å². The van der Waals surface area contributed by atoms with Gasteiger partial charge in [-0.25, -0.2) is 0 Å². The first-order valence-corrected chi connectivity index (χ1v) is 5.75. The Kier molecular flexibility index (Phi) is 4.91. The lowest BCUT2D eigenvalue weighted by molar-refractivity contribution is -0.137. The van der Waals surface area contributed by atoms with Gasteiger partial charge in [-0.15, -0.1) is 0 Å². The van der Waals surface area contributed by atoms with Crippen LogP contribution < -0.4 is 11.1 Å². The first-order valence-electron chi connectivity index (χ1n) is 5.75. The van der Waals surface area contributed by atoms with E-state index in [0.29, 0.717) is 5.76 Å². The molecule has 0 saturated heterocycles. The summed E-state index contributed by atoms with van der Waals surface area (Å²) in [6.07, 6.45) is -0.117. The Hall–Kier alpha value is -1.82. The van der Waals surface area contributed by atoms with E-state index in [9.17, 15) is 9.59 Å². The van der Waals surface area contributed by atoms with E-state index in [4.69, 9.17) is 15.3 Å². The van der Waals surface area contributed by atoms with Crippen molar-refractivity contribution >= 4 is 11.9 Å². The summed E-state index contributed by atoms with van der Waals surface area (Å²) in [7, 11) is 0. The normalized spacial score (nSPS) is 12.4. The van der Waals surface area contributed by atoms with Gasteiger partial charge in [-0.1, -0.05) is 13.8 Å². The minimum Gasteiger partial charge on any atom is -0.481 e. The van der Waals surface area contributed by atoms with Gasteiger partial charge >= 0.3 is 5.97 Å². The predicted molar refractivity (Wildman–Crippen MR) is 64.9 cm³/mol. The number of carbonyl (C=O) groups excluding carboxylic acids is 1. The van der Waals surface area contributed by atoms with Gasteiger partial charge in [-0.2, -0.15) is 0 Å². The van der Waals surface area contributed by atoms with Crippen molar-refractivity contribution in [1.29, 1.82) is 0 Å². The van der Waals surface area contributed by atoms with E-state index in [2.05, 4.69) is 5.32 Å². The van der Waals surface area contributed by atoms with Crippen LogP contribution in [0.2, 0.25) is 0 Å². The van der Waals surface area contributed by atoms with Gasteiger partial charge in [0.25, 0.3) is 5.91 Å². The summed E-state index contributed by atoms with van der Waals surface area (Å²) in [5, 5.41) is 11.4. The standard InChI is InChI=1S/C12H18N2O4/c1-7(2)9(5-11(15)16)14-12(17)10-4-3-8(6-13)18-10/h3-4,7,9H,5-6,13H2,1-2H3,(H,14,17)(H,15,16). The molecule has 1 heterocycles. The van der Waals surface area contributed by atoms with Crippen LogP contribution in [0.25, 0.3) is 0 Å². The Morgan fingerprint density at radius 1 is 1.44 bits per heavy atom. The maximum absolute atomic E-state index is 11.8. The molecule has 18 heavy (non-hydrogen) atoms. The molecular weight excluding hydrogens is 236 g/mol. The van der Waals surface area contributed by atoms with Gasteiger partial charge in [0.05, 0.1) is 13.0 Å². The summed E-state index contributed by atoms with van der Waals surface area (Å²) in [6.45, 7) is 3.92. The zero-order valence-corrected chi connectivity index (χ0v) is 10.5. The molecule has 1 rings (SSSR count). The molecule has 0 aliphatic rings. The zero-order chi connectivity index (χ0) is 13.7. The summed E-state index contributed by atoms with van der Waals surface area (Å²) in [5.41, 5.74) is 5.38. The minimum absolute atomic E-state index is 0.0222. The highest BCUT2D eigenvalue weighted by Crippen LogP contribution is 2.10. The van der Waals surface area contributed by atoms with Crippen molar-refractivity contribution in [3.05, 3.63) is 23.7 Å². The summed E-state index contributed by atoms with van der Waals surface area (Å²) >= 11 is 0. The molecule has 6 nitrogen and oxygen atoms in total. The van der Waals surface area contributed by atoms with Gasteiger partial charge in [0.2, 0.25) is 0 Å². The molecular formula is C12H18N2O4. The van der Waals surface area contributed by atoms with Crippen LogP contribution in [0.1, 0.15) is 36.6 Å². The molecule has 6 heteroatoms. The summed E-state index contributed by atoms with van der Waals surface area (Å²) in [5.74, 6) is -0.689. The van der Waals surface area contributed by atoms with Crippen molar-refractivity contribution in [2.24, 2.45) is 11.7 Å². The zero-order valence-electron chi connectivity index (χ0n) is 10.5. The molecule has 4 N–H and O–H groups in total. The second kappa shape index (κ2) is 6.20. The van der Waals surface area contributed by atoms with Crippen LogP contribution in [0.4, 0.5) is 0 Å². The molecule has 0 saturated carbocycles. The minimum atomic E-state index is -0.948. The molecule has 100 valence electrons. The molecule has 0 aliphatic heterocycles. The van der Waals surface area contributed by atoms with Gasteiger partial charge < -0.3 is 20.6 Å². The molecule has 0 bridgehead atoms. The molecule has 0 spiro atoms. The average Bonchev–Trinajstić information content (AvgIpc) is 2.75. The van der Waals surface area contributed by atoms with Crippen LogP contribution in [0.15, 0.2) is 16.5 Å². The number of aliphatic carboxylic acids is 1. The fourth-order valence-electron chi connectivity index (χ4n) is 1.49. The van der Waals surface area contributed by atoms with Crippen LogP contribution >= 0.6 is 0 Å². The lowest BCUT2D eigenvalue weighted by Crippen LogP contribution is -2.39. The summed E-state index contributed by atoms with van der Waals surface area (Å²) < 4.78 is 5.20. The summed E-state index contributed by atoms with van der Waals surface area (Å²) in [6, 6.07) is 2.72. The van der Waals surface area contributed by atoms with Crippen LogP contribution in [0.5, 0.6) is 0 Å². The quantitative estimate of drug-likeness (QED) is 0.701. The molecule has 0 aliphatic carbocycles. The number of carboxylic acid groups (broad SMARTS) is 1. The van der Waals surface area contributed by atoms with Crippen molar-refractivity contribution < 1.29 is 19.1 Å². The Labute approximate surface area is 105 Å². The number of furan rings is 1. The fourth-order valence-corrected chi connectivity index (χ4v) is 1.49. The van der Waals surface area contributed by atoms with Gasteiger partial charge in [-0.3, -0.25) is 9.59 Å². The van der Waals surface area contributed by atoms with Gasteiger partial charge in [0.15, 0.2) is 5.76 Å². The van der Waals surface area contributed by atoms with Crippen LogP contribution in [0.3, 0.4) is 0 Å². The van der Waals surface area contributed by atoms with Crippen molar-refractivity contribution in [3.63, 3.8) is 0 Å². The van der Waals surface area contributed by atoms with E-state index >= 15 is 0 Å².